The second-order valence-corrected chi connectivity index (χ2v) is 8.90. The van der Waals surface area contributed by atoms with Crippen LogP contribution >= 0.6 is 0 Å². The summed E-state index contributed by atoms with van der Waals surface area (Å²) >= 11 is 0. The minimum atomic E-state index is -0.233. The Morgan fingerprint density at radius 1 is 1.07 bits per heavy atom. The number of pyridine rings is 1. The summed E-state index contributed by atoms with van der Waals surface area (Å²) in [6.07, 6.45) is 14.8. The summed E-state index contributed by atoms with van der Waals surface area (Å²) in [5.74, 6) is 0. The molecule has 1 aromatic heterocycles. The Morgan fingerprint density at radius 3 is 2.28 bits per heavy atom. The van der Waals surface area contributed by atoms with Crippen LogP contribution in [0, 0.1) is 0 Å². The van der Waals surface area contributed by atoms with E-state index in [0.717, 1.165) is 36.1 Å². The van der Waals surface area contributed by atoms with Crippen molar-refractivity contribution in [2.24, 2.45) is 4.99 Å². The minimum Gasteiger partial charge on any atom is -0.366 e. The first-order valence-electron chi connectivity index (χ1n) is 10.8. The second-order valence-electron chi connectivity index (χ2n) is 8.90. The van der Waals surface area contributed by atoms with Gasteiger partial charge in [-0.1, -0.05) is 50.8 Å². The highest BCUT2D eigenvalue weighted by Gasteiger charge is 2.26. The quantitative estimate of drug-likeness (QED) is 0.141. The largest absolute Gasteiger partial charge is 0.366 e. The van der Waals surface area contributed by atoms with Gasteiger partial charge in [-0.15, -0.1) is 6.58 Å². The van der Waals surface area contributed by atoms with E-state index in [4.69, 9.17) is 4.74 Å². The van der Waals surface area contributed by atoms with Gasteiger partial charge in [0.2, 0.25) is 0 Å². The Balaban J connectivity index is 2.27. The Labute approximate surface area is 178 Å². The third-order valence-electron chi connectivity index (χ3n) is 4.92. The summed E-state index contributed by atoms with van der Waals surface area (Å²) in [7, 11) is 0. The molecule has 1 aromatic rings. The van der Waals surface area contributed by atoms with E-state index in [-0.39, 0.29) is 11.2 Å². The molecule has 0 saturated heterocycles. The van der Waals surface area contributed by atoms with E-state index in [1.54, 1.807) is 12.4 Å². The second kappa shape index (κ2) is 12.5. The lowest BCUT2D eigenvalue weighted by atomic mass is 9.95. The van der Waals surface area contributed by atoms with Crippen molar-refractivity contribution in [3.63, 3.8) is 0 Å². The number of unbranched alkanes of at least 4 members (excludes halogenated alkanes) is 5. The smallest absolute Gasteiger partial charge is 0.0838 e. The first-order valence-corrected chi connectivity index (χ1v) is 10.8. The molecule has 0 aliphatic rings. The van der Waals surface area contributed by atoms with Crippen LogP contribution in [0.2, 0.25) is 0 Å². The lowest BCUT2D eigenvalue weighted by Crippen LogP contribution is -2.35. The van der Waals surface area contributed by atoms with E-state index < -0.39 is 0 Å². The lowest BCUT2D eigenvalue weighted by Gasteiger charge is -2.34. The third-order valence-corrected chi connectivity index (χ3v) is 4.92. The van der Waals surface area contributed by atoms with Crippen molar-refractivity contribution in [2.45, 2.75) is 90.3 Å². The van der Waals surface area contributed by atoms with Crippen LogP contribution in [0.15, 0.2) is 60.4 Å². The van der Waals surface area contributed by atoms with Gasteiger partial charge in [-0.2, -0.15) is 0 Å². The predicted molar refractivity (Wildman–Crippen MR) is 127 cm³/mol. The van der Waals surface area contributed by atoms with Crippen molar-refractivity contribution >= 4 is 12.3 Å². The van der Waals surface area contributed by atoms with Gasteiger partial charge in [0, 0.05) is 18.0 Å². The molecular weight excluding hydrogens is 356 g/mol. The molecule has 0 bridgehead atoms. The molecule has 1 rings (SSSR count). The first-order chi connectivity index (χ1) is 13.7. The molecule has 0 fully saturated rings. The van der Waals surface area contributed by atoms with E-state index >= 15 is 0 Å². The number of aromatic nitrogens is 1. The van der Waals surface area contributed by atoms with Gasteiger partial charge in [0.1, 0.15) is 0 Å². The van der Waals surface area contributed by atoms with E-state index in [9.17, 15) is 0 Å². The summed E-state index contributed by atoms with van der Waals surface area (Å²) in [5.41, 5.74) is 2.60. The van der Waals surface area contributed by atoms with Gasteiger partial charge in [-0.05, 0) is 71.4 Å². The molecule has 160 valence electrons. The highest BCUT2D eigenvalue weighted by atomic mass is 16.5. The van der Waals surface area contributed by atoms with Crippen molar-refractivity contribution < 1.29 is 4.74 Å². The lowest BCUT2D eigenvalue weighted by molar-refractivity contribution is -0.0996. The van der Waals surface area contributed by atoms with Crippen molar-refractivity contribution in [3.05, 3.63) is 61.1 Å². The molecule has 0 aliphatic heterocycles. The minimum absolute atomic E-state index is 0.144. The predicted octanol–water partition coefficient (Wildman–Crippen LogP) is 7.56. The Morgan fingerprint density at radius 2 is 1.72 bits per heavy atom. The molecule has 29 heavy (non-hydrogen) atoms. The van der Waals surface area contributed by atoms with Gasteiger partial charge in [-0.3, -0.25) is 9.98 Å². The zero-order valence-electron chi connectivity index (χ0n) is 19.0. The Kier molecular flexibility index (Phi) is 10.8. The third kappa shape index (κ3) is 10.4. The van der Waals surface area contributed by atoms with Gasteiger partial charge in [0.05, 0.1) is 16.9 Å². The van der Waals surface area contributed by atoms with Crippen LogP contribution < -0.4 is 0 Å². The fraction of sp³-hybridized carbons (Fsp3) is 0.538. The molecule has 0 saturated carbocycles. The van der Waals surface area contributed by atoms with Crippen LogP contribution in [0.25, 0.3) is 5.57 Å². The molecule has 3 nitrogen and oxygen atoms in total. The molecule has 1 unspecified atom stereocenters. The van der Waals surface area contributed by atoms with Crippen LogP contribution in [0.1, 0.15) is 84.8 Å². The summed E-state index contributed by atoms with van der Waals surface area (Å²) < 4.78 is 6.17. The number of aliphatic imine (C=N–C) groups is 1. The van der Waals surface area contributed by atoms with Crippen LogP contribution in [-0.4, -0.2) is 22.9 Å². The maximum atomic E-state index is 6.17. The molecule has 0 N–H and O–H groups in total. The fourth-order valence-corrected chi connectivity index (χ4v) is 3.50. The number of allylic oxidation sites excluding steroid dienone is 2. The van der Waals surface area contributed by atoms with Crippen LogP contribution in [0.3, 0.4) is 0 Å². The first kappa shape index (κ1) is 25.0. The van der Waals surface area contributed by atoms with Crippen molar-refractivity contribution in [1.29, 1.82) is 0 Å². The topological polar surface area (TPSA) is 34.5 Å². The van der Waals surface area contributed by atoms with Crippen LogP contribution in [-0.2, 0) is 4.74 Å². The summed E-state index contributed by atoms with van der Waals surface area (Å²) in [5, 5.41) is 0. The molecule has 0 aromatic carbocycles. The molecule has 0 amide bonds. The van der Waals surface area contributed by atoms with Crippen LogP contribution in [0.4, 0.5) is 0 Å². The van der Waals surface area contributed by atoms with E-state index in [1.165, 1.54) is 32.1 Å². The fourth-order valence-electron chi connectivity index (χ4n) is 3.50. The molecule has 0 radical (unpaired) electrons. The highest BCUT2D eigenvalue weighted by Crippen LogP contribution is 2.27. The Bertz CT molecular complexity index is 670. The number of hydrogen-bond donors (Lipinski definition) is 0. The SMILES string of the molecule is C=CC(C)(CCCCCCCCC(=C)/C(=C\N=C)c1ccccn1)OC(C)(C)C. The van der Waals surface area contributed by atoms with Crippen molar-refractivity contribution in [1.82, 2.24) is 4.98 Å². The van der Waals surface area contributed by atoms with Gasteiger partial charge in [0.25, 0.3) is 0 Å². The van der Waals surface area contributed by atoms with Gasteiger partial charge in [-0.25, -0.2) is 0 Å². The van der Waals surface area contributed by atoms with Crippen molar-refractivity contribution in [3.8, 4) is 0 Å². The van der Waals surface area contributed by atoms with Gasteiger partial charge < -0.3 is 4.74 Å². The number of rotatable bonds is 14. The molecular formula is C26H40N2O. The van der Waals surface area contributed by atoms with Gasteiger partial charge in [0.15, 0.2) is 0 Å². The monoisotopic (exact) mass is 396 g/mol. The van der Waals surface area contributed by atoms with E-state index in [1.807, 2.05) is 24.3 Å². The maximum absolute atomic E-state index is 6.17. The zero-order chi connectivity index (χ0) is 21.8. The average Bonchev–Trinajstić information content (AvgIpc) is 2.67. The summed E-state index contributed by atoms with van der Waals surface area (Å²) in [6, 6.07) is 5.89. The zero-order valence-corrected chi connectivity index (χ0v) is 19.0. The molecule has 1 heterocycles. The molecule has 1 atom stereocenters. The average molecular weight is 397 g/mol. The standard InChI is InChI=1S/C26H40N2O/c1-8-26(6,29-25(3,4)5)19-15-12-10-9-11-13-17-22(2)23(21-27-7)24-18-14-16-20-28-24/h8,14,16,18,20-21H,1-2,7,9-13,15,17,19H2,3-6H3/b23-21+. The van der Waals surface area contributed by atoms with Crippen molar-refractivity contribution in [2.75, 3.05) is 0 Å². The number of ether oxygens (including phenoxy) is 1. The van der Waals surface area contributed by atoms with Crippen LogP contribution in [0.5, 0.6) is 0 Å². The summed E-state index contributed by atoms with van der Waals surface area (Å²) in [6.45, 7) is 20.2. The summed E-state index contributed by atoms with van der Waals surface area (Å²) in [4.78, 5) is 8.34. The number of hydrogen-bond acceptors (Lipinski definition) is 3. The normalized spacial score (nSPS) is 14.3. The molecule has 0 aliphatic carbocycles. The van der Waals surface area contributed by atoms with E-state index in [2.05, 4.69) is 57.5 Å². The molecule has 0 spiro atoms. The maximum Gasteiger partial charge on any atom is 0.0838 e. The number of nitrogens with zero attached hydrogens (tertiary/aromatic N) is 2. The van der Waals surface area contributed by atoms with E-state index in [0.29, 0.717) is 0 Å². The Hall–Kier alpha value is -2.00. The van der Waals surface area contributed by atoms with Gasteiger partial charge >= 0.3 is 0 Å². The molecule has 3 heteroatoms. The highest BCUT2D eigenvalue weighted by molar-refractivity contribution is 5.76.